The number of anilines is 2. The van der Waals surface area contributed by atoms with Gasteiger partial charge in [0, 0.05) is 52.7 Å². The van der Waals surface area contributed by atoms with E-state index in [4.69, 9.17) is 5.73 Å². The van der Waals surface area contributed by atoms with Crippen molar-refractivity contribution in [1.29, 1.82) is 0 Å². The number of ketones is 1. The highest BCUT2D eigenvalue weighted by Crippen LogP contribution is 2.15. The van der Waals surface area contributed by atoms with Crippen molar-refractivity contribution in [2.75, 3.05) is 36.8 Å². The number of carbonyl (C=O) groups excluding carboxylic acids is 1. The minimum atomic E-state index is -0.663. The largest absolute Gasteiger partial charge is 0.384 e. The van der Waals surface area contributed by atoms with Crippen LogP contribution in [0.2, 0.25) is 0 Å². The van der Waals surface area contributed by atoms with E-state index < -0.39 is 17.3 Å². The number of nitrogens with zero attached hydrogens (tertiary/aromatic N) is 6. The first-order valence-electron chi connectivity index (χ1n) is 8.68. The fourth-order valence-electron chi connectivity index (χ4n) is 3.23. The first-order valence-corrected chi connectivity index (χ1v) is 8.68. The summed E-state index contributed by atoms with van der Waals surface area (Å²) in [4.78, 5) is 49.9. The van der Waals surface area contributed by atoms with Crippen LogP contribution in [0.1, 0.15) is 17.3 Å². The maximum absolute atomic E-state index is 13.0. The molecule has 10 heteroatoms. The zero-order chi connectivity index (χ0) is 19.7. The van der Waals surface area contributed by atoms with Gasteiger partial charge in [-0.3, -0.25) is 23.6 Å². The molecule has 0 saturated carbocycles. The number of hydrogen-bond donors (Lipinski definition) is 1. The van der Waals surface area contributed by atoms with Crippen molar-refractivity contribution in [1.82, 2.24) is 24.0 Å². The number of carbonyl (C=O) groups is 1. The molecule has 1 aliphatic heterocycles. The second-order valence-electron chi connectivity index (χ2n) is 6.58. The highest BCUT2D eigenvalue weighted by Gasteiger charge is 2.30. The van der Waals surface area contributed by atoms with Gasteiger partial charge in [-0.2, -0.15) is 0 Å². The Bertz CT molecular complexity index is 959. The molecule has 0 aliphatic carbocycles. The van der Waals surface area contributed by atoms with Crippen LogP contribution in [0.15, 0.2) is 28.0 Å². The van der Waals surface area contributed by atoms with Gasteiger partial charge in [-0.05, 0) is 13.0 Å². The van der Waals surface area contributed by atoms with E-state index in [1.165, 1.54) is 14.1 Å². The van der Waals surface area contributed by atoms with E-state index in [-0.39, 0.29) is 17.2 Å². The summed E-state index contributed by atoms with van der Waals surface area (Å²) in [6, 6.07) is 1.23. The Kier molecular flexibility index (Phi) is 5.08. The molecule has 1 unspecified atom stereocenters. The van der Waals surface area contributed by atoms with E-state index in [0.717, 1.165) is 9.13 Å². The van der Waals surface area contributed by atoms with Crippen molar-refractivity contribution in [2.24, 2.45) is 14.1 Å². The first-order chi connectivity index (χ1) is 12.8. The van der Waals surface area contributed by atoms with Crippen LogP contribution in [-0.2, 0) is 14.1 Å². The summed E-state index contributed by atoms with van der Waals surface area (Å²) in [5.74, 6) is 0.177. The second-order valence-corrected chi connectivity index (χ2v) is 6.58. The van der Waals surface area contributed by atoms with Crippen LogP contribution in [0.4, 0.5) is 11.8 Å². The first kappa shape index (κ1) is 18.8. The zero-order valence-electron chi connectivity index (χ0n) is 15.6. The van der Waals surface area contributed by atoms with Crippen molar-refractivity contribution in [2.45, 2.75) is 13.0 Å². The smallest absolute Gasteiger partial charge is 0.332 e. The number of hydrogen-bond acceptors (Lipinski definition) is 8. The van der Waals surface area contributed by atoms with Crippen LogP contribution in [0.5, 0.6) is 0 Å². The Labute approximate surface area is 155 Å². The average molecular weight is 373 g/mol. The SMILES string of the molecule is CC(C(=O)c1c(N)n(C)c(=O)n(C)c1=O)N1CCN(c2ncccn2)CC1. The molecule has 144 valence electrons. The highest BCUT2D eigenvalue weighted by atomic mass is 16.2. The third-order valence-electron chi connectivity index (χ3n) is 5.03. The van der Waals surface area contributed by atoms with E-state index in [1.807, 2.05) is 9.80 Å². The lowest BCUT2D eigenvalue weighted by molar-refractivity contribution is 0.0827. The minimum Gasteiger partial charge on any atom is -0.384 e. The molecule has 0 aromatic carbocycles. The minimum absolute atomic E-state index is 0.101. The molecule has 3 heterocycles. The van der Waals surface area contributed by atoms with E-state index in [9.17, 15) is 14.4 Å². The molecular formula is C17H23N7O3. The summed E-state index contributed by atoms with van der Waals surface area (Å²) in [6.45, 7) is 4.33. The lowest BCUT2D eigenvalue weighted by Crippen LogP contribution is -2.53. The Morgan fingerprint density at radius 2 is 1.67 bits per heavy atom. The molecule has 10 nitrogen and oxygen atoms in total. The summed E-state index contributed by atoms with van der Waals surface area (Å²) in [5, 5.41) is 0. The maximum Gasteiger partial charge on any atom is 0.332 e. The molecule has 0 radical (unpaired) electrons. The summed E-state index contributed by atoms with van der Waals surface area (Å²) in [7, 11) is 2.78. The predicted molar refractivity (Wildman–Crippen MR) is 101 cm³/mol. The standard InChI is InChI=1S/C17H23N7O3/c1-11(13(25)12-14(18)21(2)17(27)22(3)15(12)26)23-7-9-24(10-8-23)16-19-5-4-6-20-16/h4-6,11H,7-10,18H2,1-3H3. The molecule has 3 rings (SSSR count). The Hall–Kier alpha value is -3.01. The van der Waals surface area contributed by atoms with Gasteiger partial charge in [0.1, 0.15) is 11.4 Å². The number of nitrogen functional groups attached to an aromatic ring is 1. The number of nitrogens with two attached hydrogens (primary N) is 1. The van der Waals surface area contributed by atoms with Crippen molar-refractivity contribution in [3.63, 3.8) is 0 Å². The van der Waals surface area contributed by atoms with Crippen LogP contribution in [-0.4, -0.2) is 62.0 Å². The van der Waals surface area contributed by atoms with E-state index in [1.54, 1.807) is 25.4 Å². The molecular weight excluding hydrogens is 350 g/mol. The molecule has 1 aliphatic rings. The van der Waals surface area contributed by atoms with Crippen LogP contribution in [0.3, 0.4) is 0 Å². The van der Waals surface area contributed by atoms with Crippen molar-refractivity contribution in [3.8, 4) is 0 Å². The fourth-order valence-corrected chi connectivity index (χ4v) is 3.23. The molecule has 2 aromatic heterocycles. The average Bonchev–Trinajstić information content (AvgIpc) is 2.71. The summed E-state index contributed by atoms with van der Waals surface area (Å²) >= 11 is 0. The molecule has 1 fully saturated rings. The van der Waals surface area contributed by atoms with Gasteiger partial charge in [-0.25, -0.2) is 14.8 Å². The Morgan fingerprint density at radius 1 is 1.07 bits per heavy atom. The third kappa shape index (κ3) is 3.35. The number of Topliss-reactive ketones (excluding diaryl/α,β-unsaturated/α-hetero) is 1. The summed E-state index contributed by atoms with van der Waals surface area (Å²) in [6.07, 6.45) is 3.39. The van der Waals surface area contributed by atoms with Crippen LogP contribution in [0, 0.1) is 0 Å². The van der Waals surface area contributed by atoms with Crippen LogP contribution < -0.4 is 21.9 Å². The Morgan fingerprint density at radius 3 is 2.26 bits per heavy atom. The van der Waals surface area contributed by atoms with Gasteiger partial charge in [0.15, 0.2) is 5.78 Å². The molecule has 2 aromatic rings. The summed E-state index contributed by atoms with van der Waals surface area (Å²) < 4.78 is 2.02. The second kappa shape index (κ2) is 7.31. The van der Waals surface area contributed by atoms with Crippen molar-refractivity contribution < 1.29 is 4.79 Å². The number of piperazine rings is 1. The highest BCUT2D eigenvalue weighted by molar-refractivity contribution is 6.03. The lowest BCUT2D eigenvalue weighted by atomic mass is 10.0. The normalized spacial score (nSPS) is 16.3. The molecule has 0 spiro atoms. The van der Waals surface area contributed by atoms with Gasteiger partial charge in [0.05, 0.1) is 6.04 Å². The van der Waals surface area contributed by atoms with Gasteiger partial charge in [0.25, 0.3) is 5.56 Å². The van der Waals surface area contributed by atoms with Crippen LogP contribution in [0.25, 0.3) is 0 Å². The summed E-state index contributed by atoms with van der Waals surface area (Å²) in [5.41, 5.74) is 4.55. The monoisotopic (exact) mass is 373 g/mol. The number of rotatable bonds is 4. The molecule has 1 saturated heterocycles. The van der Waals surface area contributed by atoms with Crippen LogP contribution >= 0.6 is 0 Å². The molecule has 0 bridgehead atoms. The molecule has 1 atom stereocenters. The van der Waals surface area contributed by atoms with E-state index in [2.05, 4.69) is 9.97 Å². The van der Waals surface area contributed by atoms with Crippen molar-refractivity contribution >= 4 is 17.5 Å². The maximum atomic E-state index is 13.0. The quantitative estimate of drug-likeness (QED) is 0.667. The van der Waals surface area contributed by atoms with Gasteiger partial charge in [0.2, 0.25) is 5.95 Å². The van der Waals surface area contributed by atoms with E-state index >= 15 is 0 Å². The van der Waals surface area contributed by atoms with Gasteiger partial charge < -0.3 is 10.6 Å². The number of aromatic nitrogens is 4. The van der Waals surface area contributed by atoms with Gasteiger partial charge in [-0.1, -0.05) is 0 Å². The van der Waals surface area contributed by atoms with Crippen molar-refractivity contribution in [3.05, 3.63) is 44.9 Å². The zero-order valence-corrected chi connectivity index (χ0v) is 15.6. The molecule has 27 heavy (non-hydrogen) atoms. The van der Waals surface area contributed by atoms with Gasteiger partial charge in [-0.15, -0.1) is 0 Å². The van der Waals surface area contributed by atoms with Gasteiger partial charge >= 0.3 is 5.69 Å². The lowest BCUT2D eigenvalue weighted by Gasteiger charge is -2.37. The predicted octanol–water partition coefficient (Wildman–Crippen LogP) is -1.15. The third-order valence-corrected chi connectivity index (χ3v) is 5.03. The Balaban J connectivity index is 1.78. The molecule has 0 amide bonds. The fraction of sp³-hybridized carbons (Fsp3) is 0.471. The van der Waals surface area contributed by atoms with E-state index in [0.29, 0.717) is 32.1 Å². The molecule has 2 N–H and O–H groups in total. The topological polar surface area (TPSA) is 119 Å².